The molecule has 0 radical (unpaired) electrons. The van der Waals surface area contributed by atoms with Gasteiger partial charge in [0.15, 0.2) is 0 Å². The van der Waals surface area contributed by atoms with Gasteiger partial charge in [-0.15, -0.1) is 0 Å². The number of hydrogen-bond acceptors (Lipinski definition) is 3. The minimum atomic E-state index is -0.251. The van der Waals surface area contributed by atoms with Gasteiger partial charge in [0, 0.05) is 44.0 Å². The van der Waals surface area contributed by atoms with Crippen LogP contribution >= 0.6 is 0 Å². The summed E-state index contributed by atoms with van der Waals surface area (Å²) in [6, 6.07) is 8.03. The van der Waals surface area contributed by atoms with Crippen LogP contribution in [0, 0.1) is 11.8 Å². The zero-order valence-corrected chi connectivity index (χ0v) is 15.2. The van der Waals surface area contributed by atoms with Crippen LogP contribution in [0.15, 0.2) is 24.3 Å². The third-order valence-electron chi connectivity index (χ3n) is 4.47. The molecule has 1 unspecified atom stereocenters. The van der Waals surface area contributed by atoms with E-state index in [1.807, 2.05) is 24.3 Å². The van der Waals surface area contributed by atoms with Crippen molar-refractivity contribution < 1.29 is 9.59 Å². The predicted octanol–water partition coefficient (Wildman–Crippen LogP) is 2.66. The summed E-state index contributed by atoms with van der Waals surface area (Å²) in [5, 5.41) is 2.93. The van der Waals surface area contributed by atoms with Crippen molar-refractivity contribution in [2.75, 3.05) is 36.0 Å². The molecule has 1 fully saturated rings. The van der Waals surface area contributed by atoms with Crippen LogP contribution in [0.1, 0.15) is 34.1 Å². The van der Waals surface area contributed by atoms with Crippen molar-refractivity contribution >= 4 is 23.2 Å². The molecule has 2 rings (SSSR count). The molecule has 1 saturated heterocycles. The molecule has 1 N–H and O–H groups in total. The lowest BCUT2D eigenvalue weighted by Crippen LogP contribution is -2.35. The van der Waals surface area contributed by atoms with Crippen LogP contribution in [0.2, 0.25) is 0 Å². The van der Waals surface area contributed by atoms with Crippen molar-refractivity contribution in [2.45, 2.75) is 34.1 Å². The number of anilines is 2. The second-order valence-electron chi connectivity index (χ2n) is 6.73. The molecule has 2 amide bonds. The lowest BCUT2D eigenvalue weighted by atomic mass is 10.1. The molecule has 1 aliphatic heterocycles. The summed E-state index contributed by atoms with van der Waals surface area (Å²) in [7, 11) is 0. The highest BCUT2D eigenvalue weighted by Gasteiger charge is 2.35. The van der Waals surface area contributed by atoms with Gasteiger partial charge in [-0.05, 0) is 44.0 Å². The highest BCUT2D eigenvalue weighted by atomic mass is 16.2. The van der Waals surface area contributed by atoms with Crippen LogP contribution in [0.25, 0.3) is 0 Å². The van der Waals surface area contributed by atoms with Gasteiger partial charge in [-0.2, -0.15) is 0 Å². The second-order valence-corrected chi connectivity index (χ2v) is 6.73. The average Bonchev–Trinajstić information content (AvgIpc) is 2.96. The van der Waals surface area contributed by atoms with Crippen LogP contribution in [-0.2, 0) is 9.59 Å². The van der Waals surface area contributed by atoms with Crippen molar-refractivity contribution in [1.29, 1.82) is 0 Å². The average molecular weight is 331 g/mol. The first kappa shape index (κ1) is 18.3. The molecule has 1 heterocycles. The Labute approximate surface area is 145 Å². The van der Waals surface area contributed by atoms with Crippen LogP contribution in [0.4, 0.5) is 11.4 Å². The van der Waals surface area contributed by atoms with E-state index in [-0.39, 0.29) is 17.7 Å². The molecule has 0 saturated carbocycles. The van der Waals surface area contributed by atoms with Crippen LogP contribution in [0.3, 0.4) is 0 Å². The Bertz CT molecular complexity index is 564. The molecule has 0 aromatic heterocycles. The van der Waals surface area contributed by atoms with E-state index in [4.69, 9.17) is 0 Å². The Morgan fingerprint density at radius 3 is 2.42 bits per heavy atom. The lowest BCUT2D eigenvalue weighted by Gasteiger charge is -2.22. The summed E-state index contributed by atoms with van der Waals surface area (Å²) in [6.45, 7) is 11.4. The fourth-order valence-corrected chi connectivity index (χ4v) is 3.01. The third kappa shape index (κ3) is 4.28. The first-order valence-electron chi connectivity index (χ1n) is 8.89. The highest BCUT2D eigenvalue weighted by molar-refractivity contribution is 6.00. The van der Waals surface area contributed by atoms with Crippen molar-refractivity contribution in [3.63, 3.8) is 0 Å². The minimum Gasteiger partial charge on any atom is -0.372 e. The SMILES string of the molecule is CCN(CC)c1ccc(N2CC(C(=O)NCC(C)C)CC2=O)cc1. The van der Waals surface area contributed by atoms with Gasteiger partial charge in [0.25, 0.3) is 0 Å². The number of nitrogens with zero attached hydrogens (tertiary/aromatic N) is 2. The number of hydrogen-bond donors (Lipinski definition) is 1. The molecule has 0 bridgehead atoms. The number of amides is 2. The number of carbonyl (C=O) groups is 2. The highest BCUT2D eigenvalue weighted by Crippen LogP contribution is 2.27. The van der Waals surface area contributed by atoms with E-state index < -0.39 is 0 Å². The van der Waals surface area contributed by atoms with Gasteiger partial charge in [-0.1, -0.05) is 13.8 Å². The van der Waals surface area contributed by atoms with E-state index in [1.165, 1.54) is 0 Å². The zero-order chi connectivity index (χ0) is 17.7. The number of carbonyl (C=O) groups excluding carboxylic acids is 2. The fraction of sp³-hybridized carbons (Fsp3) is 0.579. The lowest BCUT2D eigenvalue weighted by molar-refractivity contribution is -0.126. The topological polar surface area (TPSA) is 52.6 Å². The molecule has 0 aliphatic carbocycles. The maximum atomic E-state index is 12.3. The summed E-state index contributed by atoms with van der Waals surface area (Å²) in [5.41, 5.74) is 2.02. The van der Waals surface area contributed by atoms with Gasteiger partial charge >= 0.3 is 0 Å². The molecular formula is C19H29N3O2. The maximum absolute atomic E-state index is 12.3. The summed E-state index contributed by atoms with van der Waals surface area (Å²) in [4.78, 5) is 28.5. The molecule has 1 aliphatic rings. The minimum absolute atomic E-state index is 0.0145. The molecule has 5 heteroatoms. The largest absolute Gasteiger partial charge is 0.372 e. The Kier molecular flexibility index (Phi) is 6.23. The molecule has 132 valence electrons. The Morgan fingerprint density at radius 1 is 1.25 bits per heavy atom. The van der Waals surface area contributed by atoms with Crippen LogP contribution in [0.5, 0.6) is 0 Å². The molecule has 5 nitrogen and oxygen atoms in total. The van der Waals surface area contributed by atoms with E-state index in [1.54, 1.807) is 4.90 Å². The Morgan fingerprint density at radius 2 is 1.88 bits per heavy atom. The van der Waals surface area contributed by atoms with E-state index in [0.717, 1.165) is 24.5 Å². The van der Waals surface area contributed by atoms with Crippen molar-refractivity contribution in [1.82, 2.24) is 5.32 Å². The third-order valence-corrected chi connectivity index (χ3v) is 4.47. The van der Waals surface area contributed by atoms with Crippen LogP contribution in [-0.4, -0.2) is 38.0 Å². The summed E-state index contributed by atoms with van der Waals surface area (Å²) >= 11 is 0. The Balaban J connectivity index is 2.02. The van der Waals surface area contributed by atoms with Gasteiger partial charge in [0.1, 0.15) is 0 Å². The monoisotopic (exact) mass is 331 g/mol. The fourth-order valence-electron chi connectivity index (χ4n) is 3.01. The van der Waals surface area contributed by atoms with E-state index in [9.17, 15) is 9.59 Å². The standard InChI is InChI=1S/C19H29N3O2/c1-5-21(6-2)16-7-9-17(10-8-16)22-13-15(11-18(22)23)19(24)20-12-14(3)4/h7-10,14-15H,5-6,11-13H2,1-4H3,(H,20,24). The molecule has 1 aromatic rings. The number of nitrogens with one attached hydrogen (secondary N) is 1. The first-order valence-corrected chi connectivity index (χ1v) is 8.89. The molecule has 1 aromatic carbocycles. The van der Waals surface area contributed by atoms with E-state index in [2.05, 4.69) is 37.9 Å². The van der Waals surface area contributed by atoms with Crippen molar-refractivity contribution in [2.24, 2.45) is 11.8 Å². The van der Waals surface area contributed by atoms with Crippen LogP contribution < -0.4 is 15.1 Å². The Hall–Kier alpha value is -2.04. The predicted molar refractivity (Wildman–Crippen MR) is 98.3 cm³/mol. The molecular weight excluding hydrogens is 302 g/mol. The quantitative estimate of drug-likeness (QED) is 0.836. The molecule has 0 spiro atoms. The number of benzene rings is 1. The van der Waals surface area contributed by atoms with E-state index in [0.29, 0.717) is 25.4 Å². The molecule has 24 heavy (non-hydrogen) atoms. The zero-order valence-electron chi connectivity index (χ0n) is 15.2. The maximum Gasteiger partial charge on any atom is 0.227 e. The van der Waals surface area contributed by atoms with Gasteiger partial charge in [-0.25, -0.2) is 0 Å². The summed E-state index contributed by atoms with van der Waals surface area (Å²) in [5.74, 6) is 0.170. The van der Waals surface area contributed by atoms with Gasteiger partial charge in [0.2, 0.25) is 11.8 Å². The number of rotatable bonds is 7. The van der Waals surface area contributed by atoms with Gasteiger partial charge < -0.3 is 15.1 Å². The second kappa shape index (κ2) is 8.18. The van der Waals surface area contributed by atoms with E-state index >= 15 is 0 Å². The summed E-state index contributed by atoms with van der Waals surface area (Å²) in [6.07, 6.45) is 0.293. The summed E-state index contributed by atoms with van der Waals surface area (Å²) < 4.78 is 0. The first-order chi connectivity index (χ1) is 11.5. The smallest absolute Gasteiger partial charge is 0.227 e. The normalized spacial score (nSPS) is 17.5. The van der Waals surface area contributed by atoms with Gasteiger partial charge in [0.05, 0.1) is 5.92 Å². The van der Waals surface area contributed by atoms with Crippen molar-refractivity contribution in [3.05, 3.63) is 24.3 Å². The van der Waals surface area contributed by atoms with Gasteiger partial charge in [-0.3, -0.25) is 9.59 Å². The van der Waals surface area contributed by atoms with Crippen molar-refractivity contribution in [3.8, 4) is 0 Å². The molecule has 1 atom stereocenters.